The van der Waals surface area contributed by atoms with Crippen LogP contribution in [-0.4, -0.2) is 91.4 Å². The quantitative estimate of drug-likeness (QED) is 0.255. The molecule has 2 atom stereocenters. The number of hydrogen-bond donors (Lipinski definition) is 3. The van der Waals surface area contributed by atoms with Crippen molar-refractivity contribution in [2.24, 2.45) is 13.0 Å². The molecule has 5 aromatic rings. The third-order valence-corrected chi connectivity index (χ3v) is 9.20. The third-order valence-electron chi connectivity index (χ3n) is 9.20. The van der Waals surface area contributed by atoms with E-state index < -0.39 is 23.9 Å². The molecule has 0 saturated carbocycles. The number of nitrogens with zero attached hydrogens (tertiary/aromatic N) is 6. The van der Waals surface area contributed by atoms with Crippen LogP contribution in [0.5, 0.6) is 5.75 Å². The molecule has 0 fully saturated rings. The van der Waals surface area contributed by atoms with Crippen molar-refractivity contribution in [3.63, 3.8) is 0 Å². The van der Waals surface area contributed by atoms with E-state index in [0.717, 1.165) is 16.6 Å². The Bertz CT molecular complexity index is 2060. The number of aromatic nitrogens is 5. The molecule has 0 saturated heterocycles. The van der Waals surface area contributed by atoms with Gasteiger partial charge in [-0.05, 0) is 47.4 Å². The smallest absolute Gasteiger partial charge is 0.254 e. The van der Waals surface area contributed by atoms with Gasteiger partial charge in [-0.25, -0.2) is 9.67 Å². The van der Waals surface area contributed by atoms with Gasteiger partial charge in [-0.3, -0.25) is 19.2 Å². The molecule has 6 rings (SSSR count). The lowest BCUT2D eigenvalue weighted by molar-refractivity contribution is -0.132. The second-order valence-electron chi connectivity index (χ2n) is 13.6. The maximum Gasteiger partial charge on any atom is 0.254 e. The highest BCUT2D eigenvalue weighted by Crippen LogP contribution is 2.17. The zero-order valence-electron chi connectivity index (χ0n) is 30.2. The zero-order chi connectivity index (χ0) is 37.3. The number of ether oxygens (including phenoxy) is 1. The van der Waals surface area contributed by atoms with E-state index in [0.29, 0.717) is 48.6 Å². The van der Waals surface area contributed by atoms with Gasteiger partial charge in [0.05, 0.1) is 36.0 Å². The van der Waals surface area contributed by atoms with E-state index in [1.54, 1.807) is 34.1 Å². The predicted molar refractivity (Wildman–Crippen MR) is 198 cm³/mol. The number of fused-ring (bicyclic) bond motifs is 5. The molecule has 0 aliphatic carbocycles. The highest BCUT2D eigenvalue weighted by molar-refractivity contribution is 5.97. The van der Waals surface area contributed by atoms with Crippen molar-refractivity contribution in [1.29, 1.82) is 0 Å². The van der Waals surface area contributed by atoms with Crippen molar-refractivity contribution in [2.45, 2.75) is 51.7 Å². The van der Waals surface area contributed by atoms with Crippen molar-refractivity contribution in [1.82, 2.24) is 45.4 Å². The molecule has 0 spiro atoms. The second kappa shape index (κ2) is 17.0. The molecule has 1 aliphatic heterocycles. The first-order valence-corrected chi connectivity index (χ1v) is 17.9. The van der Waals surface area contributed by atoms with Crippen LogP contribution in [-0.2, 0) is 47.2 Å². The average Bonchev–Trinajstić information content (AvgIpc) is 3.76. The summed E-state index contributed by atoms with van der Waals surface area (Å²) in [5.74, 6) is -1.08. The number of nitrogens with one attached hydrogen (secondary N) is 3. The molecule has 3 aromatic carbocycles. The summed E-state index contributed by atoms with van der Waals surface area (Å²) in [4.78, 5) is 60.8. The Labute approximate surface area is 307 Å². The molecule has 3 N–H and O–H groups in total. The topological polar surface area (TPSA) is 165 Å². The van der Waals surface area contributed by atoms with Crippen LogP contribution in [0.4, 0.5) is 0 Å². The number of imidazole rings is 1. The van der Waals surface area contributed by atoms with Crippen molar-refractivity contribution in [3.8, 4) is 5.75 Å². The lowest BCUT2D eigenvalue weighted by atomic mass is 10.0. The SMILES string of the molecule is CC(C)[C@H]1NC(=O)Cc2cccc(c2)OCCn2cc(nn2)CCN(C(=O)c2ccc3c(c2)ncn3C)CCNC(=O)[C@H](Cc2ccccc2)NC1=O. The first kappa shape index (κ1) is 36.7. The monoisotopic (exact) mass is 719 g/mol. The van der Waals surface area contributed by atoms with Crippen LogP contribution in [0.25, 0.3) is 11.0 Å². The molecule has 276 valence electrons. The fraction of sp³-hybridized carbons (Fsp3) is 0.359. The maximum absolute atomic E-state index is 14.0. The molecule has 14 nitrogen and oxygen atoms in total. The van der Waals surface area contributed by atoms with Gasteiger partial charge < -0.3 is 30.2 Å². The molecule has 0 radical (unpaired) electrons. The van der Waals surface area contributed by atoms with Crippen LogP contribution in [0.3, 0.4) is 0 Å². The number of rotatable bonds is 4. The van der Waals surface area contributed by atoms with Crippen molar-refractivity contribution in [3.05, 3.63) is 108 Å². The minimum atomic E-state index is -0.941. The van der Waals surface area contributed by atoms with Gasteiger partial charge in [-0.15, -0.1) is 5.10 Å². The molecule has 53 heavy (non-hydrogen) atoms. The summed E-state index contributed by atoms with van der Waals surface area (Å²) < 4.78 is 9.54. The fourth-order valence-electron chi connectivity index (χ4n) is 6.28. The van der Waals surface area contributed by atoms with Crippen LogP contribution >= 0.6 is 0 Å². The first-order chi connectivity index (χ1) is 25.6. The molecule has 0 unspecified atom stereocenters. The Hall–Kier alpha value is -6.05. The minimum absolute atomic E-state index is 0.0407. The Balaban J connectivity index is 1.26. The fourth-order valence-corrected chi connectivity index (χ4v) is 6.28. The number of carbonyl (C=O) groups is 4. The van der Waals surface area contributed by atoms with Crippen LogP contribution < -0.4 is 20.7 Å². The normalized spacial score (nSPS) is 18.2. The molecule has 1 aliphatic rings. The van der Waals surface area contributed by atoms with Gasteiger partial charge >= 0.3 is 0 Å². The number of carbonyl (C=O) groups excluding carboxylic acids is 4. The summed E-state index contributed by atoms with van der Waals surface area (Å²) in [6, 6.07) is 20.2. The predicted octanol–water partition coefficient (Wildman–Crippen LogP) is 2.47. The summed E-state index contributed by atoms with van der Waals surface area (Å²) in [5, 5.41) is 17.3. The summed E-state index contributed by atoms with van der Waals surface area (Å²) >= 11 is 0. The van der Waals surface area contributed by atoms with E-state index >= 15 is 0 Å². The van der Waals surface area contributed by atoms with Gasteiger partial charge in [0.2, 0.25) is 17.7 Å². The van der Waals surface area contributed by atoms with Crippen LogP contribution in [0.2, 0.25) is 0 Å². The molecular weight excluding hydrogens is 674 g/mol. The van der Waals surface area contributed by atoms with Crippen LogP contribution in [0.1, 0.15) is 41.0 Å². The summed E-state index contributed by atoms with van der Waals surface area (Å²) in [6.45, 7) is 5.08. The average molecular weight is 720 g/mol. The van der Waals surface area contributed by atoms with Crippen molar-refractivity contribution in [2.75, 3.05) is 26.2 Å². The standard InChI is InChI=1S/C39H45N9O5/c1-26(2)36-38(51)42-33(21-27-8-5-4-6-9-27)37(50)40-15-17-47(39(52)29-12-13-34-32(23-29)41-25-46(34)3)16-14-30-24-48(45-44-30)18-19-53-31-11-7-10-28(20-31)22-35(49)43-36/h4-13,20,23-26,33,36H,14-19,21-22H2,1-3H3,(H,40,50)(H,42,51)(H,43,49)/t33-,36+/m0/s1. The number of amides is 4. The van der Waals surface area contributed by atoms with E-state index in [4.69, 9.17) is 4.74 Å². The summed E-state index contributed by atoms with van der Waals surface area (Å²) in [5.41, 5.74) is 4.36. The van der Waals surface area contributed by atoms with Crippen molar-refractivity contribution < 1.29 is 23.9 Å². The molecule has 4 bridgehead atoms. The van der Waals surface area contributed by atoms with E-state index in [1.165, 1.54) is 0 Å². The third kappa shape index (κ3) is 9.64. The van der Waals surface area contributed by atoms with Crippen LogP contribution in [0, 0.1) is 5.92 Å². The minimum Gasteiger partial charge on any atom is -0.492 e. The Morgan fingerprint density at radius 3 is 2.58 bits per heavy atom. The summed E-state index contributed by atoms with van der Waals surface area (Å²) in [6.07, 6.45) is 4.23. The first-order valence-electron chi connectivity index (χ1n) is 17.9. The largest absolute Gasteiger partial charge is 0.492 e. The highest BCUT2D eigenvalue weighted by Gasteiger charge is 2.29. The zero-order valence-corrected chi connectivity index (χ0v) is 30.2. The second-order valence-corrected chi connectivity index (χ2v) is 13.6. The highest BCUT2D eigenvalue weighted by atomic mass is 16.5. The van der Waals surface area contributed by atoms with Gasteiger partial charge in [0.25, 0.3) is 5.91 Å². The lowest BCUT2D eigenvalue weighted by Crippen LogP contribution is -2.56. The lowest BCUT2D eigenvalue weighted by Gasteiger charge is -2.26. The molecule has 3 heterocycles. The summed E-state index contributed by atoms with van der Waals surface area (Å²) in [7, 11) is 1.89. The van der Waals surface area contributed by atoms with E-state index in [9.17, 15) is 19.2 Å². The molecular formula is C39H45N9O5. The van der Waals surface area contributed by atoms with Gasteiger partial charge in [-0.1, -0.05) is 61.5 Å². The number of aryl methyl sites for hydroxylation is 1. The van der Waals surface area contributed by atoms with Crippen molar-refractivity contribution >= 4 is 34.7 Å². The maximum atomic E-state index is 14.0. The van der Waals surface area contributed by atoms with E-state index in [-0.39, 0.29) is 43.7 Å². The molecule has 2 aromatic heterocycles. The Kier molecular flexibility index (Phi) is 11.8. The number of benzene rings is 3. The van der Waals surface area contributed by atoms with Crippen LogP contribution in [0.15, 0.2) is 85.3 Å². The van der Waals surface area contributed by atoms with Gasteiger partial charge in [0, 0.05) is 51.3 Å². The molecule has 14 heteroatoms. The van der Waals surface area contributed by atoms with Gasteiger partial charge in [0.1, 0.15) is 24.4 Å². The van der Waals surface area contributed by atoms with E-state index in [2.05, 4.69) is 31.2 Å². The van der Waals surface area contributed by atoms with E-state index in [1.807, 2.05) is 86.3 Å². The van der Waals surface area contributed by atoms with Gasteiger partial charge in [-0.2, -0.15) is 0 Å². The number of hydrogen-bond acceptors (Lipinski definition) is 8. The molecule has 4 amide bonds. The van der Waals surface area contributed by atoms with Gasteiger partial charge in [0.15, 0.2) is 0 Å². The Morgan fingerprint density at radius 1 is 0.943 bits per heavy atom. The Morgan fingerprint density at radius 2 is 1.77 bits per heavy atom.